The summed E-state index contributed by atoms with van der Waals surface area (Å²) in [6.07, 6.45) is 4.01. The number of unbranched alkanes of at least 4 members (excludes halogenated alkanes) is 2. The summed E-state index contributed by atoms with van der Waals surface area (Å²) >= 11 is 0. The number of carboxylic acid groups (broad SMARTS) is 1. The number of hydrogen-bond acceptors (Lipinski definition) is 16. The Hall–Kier alpha value is -6.39. The van der Waals surface area contributed by atoms with Gasteiger partial charge < -0.3 is 87.1 Å². The summed E-state index contributed by atoms with van der Waals surface area (Å²) in [5.74, 6) is -8.32. The molecule has 8 amide bonds. The van der Waals surface area contributed by atoms with Gasteiger partial charge in [-0.15, -0.1) is 6.58 Å². The molecule has 1 aliphatic rings. The molecule has 7 atom stereocenters. The molecule has 388 valence electrons. The van der Waals surface area contributed by atoms with E-state index in [1.54, 1.807) is 0 Å². The van der Waals surface area contributed by atoms with Crippen LogP contribution in [0.15, 0.2) is 34.4 Å². The molecule has 22 N–H and O–H groups in total. The van der Waals surface area contributed by atoms with Crippen molar-refractivity contribution in [2.75, 3.05) is 45.8 Å². The van der Waals surface area contributed by atoms with Gasteiger partial charge in [0.05, 0.1) is 18.7 Å². The van der Waals surface area contributed by atoms with Crippen molar-refractivity contribution in [1.29, 1.82) is 0 Å². The predicted octanol–water partition coefficient (Wildman–Crippen LogP) is -6.01. The van der Waals surface area contributed by atoms with Gasteiger partial charge >= 0.3 is 5.97 Å². The molecule has 69 heavy (non-hydrogen) atoms. The van der Waals surface area contributed by atoms with Crippen LogP contribution in [0.3, 0.4) is 0 Å². The van der Waals surface area contributed by atoms with Gasteiger partial charge in [-0.25, -0.2) is 9.79 Å². The molecule has 1 rings (SSSR count). The maximum absolute atomic E-state index is 13.9. The molecule has 0 radical (unpaired) electrons. The molecule has 1 aliphatic heterocycles. The minimum absolute atomic E-state index is 0.0473. The van der Waals surface area contributed by atoms with Gasteiger partial charge in [0.1, 0.15) is 41.6 Å². The number of aliphatic carboxylic acids is 1. The first-order valence-corrected chi connectivity index (χ1v) is 22.8. The lowest BCUT2D eigenvalue weighted by Crippen LogP contribution is -2.60. The summed E-state index contributed by atoms with van der Waals surface area (Å²) < 4.78 is 0. The summed E-state index contributed by atoms with van der Waals surface area (Å²) in [5.41, 5.74) is 38.1. The van der Waals surface area contributed by atoms with Crippen molar-refractivity contribution in [3.05, 3.63) is 24.4 Å². The molecule has 1 fully saturated rings. The molecule has 0 aliphatic carbocycles. The van der Waals surface area contributed by atoms with E-state index < -0.39 is 114 Å². The number of guanidine groups is 1. The van der Waals surface area contributed by atoms with E-state index in [1.807, 2.05) is 0 Å². The van der Waals surface area contributed by atoms with E-state index in [-0.39, 0.29) is 82.8 Å². The predicted molar refractivity (Wildman–Crippen MR) is 255 cm³/mol. The number of aliphatic imine (C=N–C) groups is 2. The van der Waals surface area contributed by atoms with Crippen LogP contribution in [0.2, 0.25) is 0 Å². The molecule has 27 heteroatoms. The number of aliphatic hydroxyl groups excluding tert-OH is 1. The fourth-order valence-corrected chi connectivity index (χ4v) is 6.69. The first-order chi connectivity index (χ1) is 32.8. The Labute approximate surface area is 401 Å². The highest BCUT2D eigenvalue weighted by molar-refractivity contribution is 6.40. The summed E-state index contributed by atoms with van der Waals surface area (Å²) in [4.78, 5) is 127. The average Bonchev–Trinajstić information content (AvgIpc) is 3.81. The third-order valence-corrected chi connectivity index (χ3v) is 10.5. The van der Waals surface area contributed by atoms with Crippen LogP contribution in [-0.2, 0) is 43.2 Å². The van der Waals surface area contributed by atoms with E-state index in [0.717, 1.165) is 0 Å². The number of carbonyl (C=O) groups is 9. The summed E-state index contributed by atoms with van der Waals surface area (Å²) in [7, 11) is 0. The van der Waals surface area contributed by atoms with E-state index in [4.69, 9.17) is 40.1 Å². The maximum Gasteiger partial charge on any atom is 0.352 e. The normalized spacial score (nSPS) is 16.3. The number of hydrogen-bond donors (Lipinski definition) is 15. The minimum Gasteiger partial charge on any atom is -0.477 e. The Morgan fingerprint density at radius 2 is 1.46 bits per heavy atom. The van der Waals surface area contributed by atoms with Crippen molar-refractivity contribution in [2.45, 2.75) is 126 Å². The van der Waals surface area contributed by atoms with Crippen molar-refractivity contribution in [3.8, 4) is 0 Å². The Bertz CT molecular complexity index is 1860. The number of rotatable bonds is 33. The fraction of sp³-hybridized carbons (Fsp3) is 0.643. The zero-order valence-corrected chi connectivity index (χ0v) is 39.3. The van der Waals surface area contributed by atoms with Gasteiger partial charge in [-0.2, -0.15) is 0 Å². The van der Waals surface area contributed by atoms with Crippen LogP contribution in [0.5, 0.6) is 0 Å². The lowest BCUT2D eigenvalue weighted by Gasteiger charge is -2.27. The van der Waals surface area contributed by atoms with Crippen molar-refractivity contribution < 1.29 is 53.4 Å². The molecule has 1 heterocycles. The van der Waals surface area contributed by atoms with Crippen LogP contribution in [0.4, 0.5) is 0 Å². The molecular weight excluding hydrogens is 905 g/mol. The van der Waals surface area contributed by atoms with Crippen LogP contribution >= 0.6 is 0 Å². The standard InChI is InChI=1S/C42H74N16O11/c1-3-11-26(36(63)54-27(13-5-7-18-44)37(64)56-29(41(68)69)15-9-20-50-42(48)49)55-38(65)30-16-10-21-58(30)40(67)28(14-8-19-45)53-32(60)23-51-34(61)24(2)52-39(66)33(31(59)22-46)57-35(62)25(47)12-4-6-17-43/h3,15,24-27,30-31,33,59H,1,4-14,16-23,43-47H2,2H3,(H,51,61)(H,52,66)(H,54,63)(H,55,65)(H,56,64)(H,57,62)(H,68,69)(H4,48,49,50)/b29-15-,53-28?/t24-,25-,26-,27-,30-,31-,33-/m0/s1. The first kappa shape index (κ1) is 60.6. The quantitative estimate of drug-likeness (QED) is 0.00957. The number of amides is 8. The van der Waals surface area contributed by atoms with Crippen LogP contribution in [0.25, 0.3) is 0 Å². The van der Waals surface area contributed by atoms with Gasteiger partial charge in [-0.3, -0.25) is 43.3 Å². The van der Waals surface area contributed by atoms with Crippen molar-refractivity contribution in [2.24, 2.45) is 50.1 Å². The number of carboxylic acids is 1. The number of carbonyl (C=O) groups excluding carboxylic acids is 8. The average molecular weight is 979 g/mol. The molecule has 1 saturated heterocycles. The van der Waals surface area contributed by atoms with Gasteiger partial charge in [0.2, 0.25) is 35.4 Å². The van der Waals surface area contributed by atoms with E-state index in [1.165, 1.54) is 24.0 Å². The topological polar surface area (TPSA) is 476 Å². The zero-order valence-electron chi connectivity index (χ0n) is 39.3. The molecular formula is C42H74N16O11. The van der Waals surface area contributed by atoms with Crippen LogP contribution in [0, 0.1) is 0 Å². The number of likely N-dealkylation sites (tertiary alicyclic amines) is 1. The largest absolute Gasteiger partial charge is 0.477 e. The molecule has 0 aromatic carbocycles. The SMILES string of the molecule is C=CC[C@H](NC(=O)[C@@H]1CCCN1C(=O)C(CCCN)=NC(=O)CNC(=O)[C@H](C)NC(=O)[C@@H](NC(=O)[C@@H](N)CCCCN)[C@@H](O)CN)C(=O)N[C@@H](CCCCN)C(=O)N/C(=C\CCN=C(N)N)C(=O)O. The third kappa shape index (κ3) is 22.5. The van der Waals surface area contributed by atoms with Gasteiger partial charge in [0.25, 0.3) is 11.8 Å². The van der Waals surface area contributed by atoms with E-state index in [0.29, 0.717) is 38.6 Å². The molecule has 0 unspecified atom stereocenters. The molecule has 0 aromatic heterocycles. The monoisotopic (exact) mass is 979 g/mol. The molecule has 0 bridgehead atoms. The fourth-order valence-electron chi connectivity index (χ4n) is 6.69. The number of nitrogens with two attached hydrogens (primary N) is 7. The van der Waals surface area contributed by atoms with Crippen LogP contribution < -0.4 is 72.0 Å². The van der Waals surface area contributed by atoms with Gasteiger partial charge in [-0.05, 0) is 97.2 Å². The summed E-state index contributed by atoms with van der Waals surface area (Å²) in [5, 5.41) is 34.6. The van der Waals surface area contributed by atoms with Gasteiger partial charge in [0, 0.05) is 19.6 Å². The maximum atomic E-state index is 13.9. The summed E-state index contributed by atoms with van der Waals surface area (Å²) in [6, 6.07) is -7.54. The van der Waals surface area contributed by atoms with E-state index >= 15 is 0 Å². The van der Waals surface area contributed by atoms with Crippen molar-refractivity contribution in [3.63, 3.8) is 0 Å². The first-order valence-electron chi connectivity index (χ1n) is 22.8. The van der Waals surface area contributed by atoms with E-state index in [9.17, 15) is 53.4 Å². The summed E-state index contributed by atoms with van der Waals surface area (Å²) in [6.45, 7) is 4.71. The highest BCUT2D eigenvalue weighted by Crippen LogP contribution is 2.20. The Balaban J connectivity index is 3.14. The van der Waals surface area contributed by atoms with Gasteiger partial charge in [-0.1, -0.05) is 18.6 Å². The lowest BCUT2D eigenvalue weighted by atomic mass is 10.1. The molecule has 0 aromatic rings. The van der Waals surface area contributed by atoms with Crippen LogP contribution in [-0.4, -0.2) is 168 Å². The molecule has 0 spiro atoms. The highest BCUT2D eigenvalue weighted by atomic mass is 16.4. The highest BCUT2D eigenvalue weighted by Gasteiger charge is 2.38. The molecule has 0 saturated carbocycles. The number of nitrogens with one attached hydrogen (secondary N) is 6. The smallest absolute Gasteiger partial charge is 0.352 e. The van der Waals surface area contributed by atoms with Crippen molar-refractivity contribution in [1.82, 2.24) is 36.8 Å². The van der Waals surface area contributed by atoms with Crippen LogP contribution in [0.1, 0.15) is 84.0 Å². The minimum atomic E-state index is -1.57. The Kier molecular flexibility index (Phi) is 29.1. The van der Waals surface area contributed by atoms with Gasteiger partial charge in [0.15, 0.2) is 5.96 Å². The molecule has 27 nitrogen and oxygen atoms in total. The zero-order chi connectivity index (χ0) is 52.1. The van der Waals surface area contributed by atoms with Crippen molar-refractivity contribution >= 4 is 64.9 Å². The van der Waals surface area contributed by atoms with E-state index in [2.05, 4.69) is 48.5 Å². The lowest BCUT2D eigenvalue weighted by molar-refractivity contribution is -0.137. The second-order valence-corrected chi connectivity index (χ2v) is 16.1. The Morgan fingerprint density at radius 1 is 0.812 bits per heavy atom. The Morgan fingerprint density at radius 3 is 2.06 bits per heavy atom. The second-order valence-electron chi connectivity index (χ2n) is 16.1. The second kappa shape index (κ2) is 33.2. The number of aliphatic hydroxyl groups is 1. The third-order valence-electron chi connectivity index (χ3n) is 10.5. The number of nitrogens with zero attached hydrogens (tertiary/aromatic N) is 3.